The van der Waals surface area contributed by atoms with Gasteiger partial charge >= 0.3 is 30.9 Å². The molecule has 0 fully saturated rings. The Labute approximate surface area is 206 Å². The maximum atomic E-state index is 12.9. The van der Waals surface area contributed by atoms with Crippen LogP contribution in [-0.2, 0) is 28.9 Å². The summed E-state index contributed by atoms with van der Waals surface area (Å²) in [7, 11) is 0. The molecule has 0 spiro atoms. The zero-order valence-electron chi connectivity index (χ0n) is 18.1. The molecule has 2 unspecified atom stereocenters. The number of halogens is 1. The van der Waals surface area contributed by atoms with E-state index in [0.29, 0.717) is 31.0 Å². The van der Waals surface area contributed by atoms with E-state index in [9.17, 15) is 14.7 Å². The molecule has 8 heteroatoms. The average Bonchev–Trinajstić information content (AvgIpc) is 2.70. The van der Waals surface area contributed by atoms with Crippen LogP contribution >= 0.6 is 11.6 Å². The number of rotatable bonds is 6. The molecule has 168 valence electrons. The molecule has 2 aromatic carbocycles. The summed E-state index contributed by atoms with van der Waals surface area (Å²) < 4.78 is 5.61. The van der Waals surface area contributed by atoms with Crippen LogP contribution in [0.25, 0.3) is 0 Å². The quantitative estimate of drug-likeness (QED) is 0.654. The van der Waals surface area contributed by atoms with Gasteiger partial charge in [0.15, 0.2) is 0 Å². The number of carbonyl (C=O) groups is 2. The van der Waals surface area contributed by atoms with Crippen molar-refractivity contribution in [3.8, 4) is 0 Å². The van der Waals surface area contributed by atoms with Gasteiger partial charge in [0.2, 0.25) is 0 Å². The first kappa shape index (κ1) is 26.3. The predicted molar refractivity (Wildman–Crippen MR) is 127 cm³/mol. The molecule has 0 bridgehead atoms. The van der Waals surface area contributed by atoms with E-state index in [1.165, 1.54) is 5.56 Å². The zero-order chi connectivity index (χ0) is 22.6. The minimum absolute atomic E-state index is 0. The number of hydrogen-bond donors (Lipinski definition) is 2. The molecular weight excluding hydrogens is 423 g/mol. The number of carboxylic acids is 1. The molecule has 0 saturated heterocycles. The van der Waals surface area contributed by atoms with Crippen LogP contribution in [0.5, 0.6) is 0 Å². The topological polar surface area (TPSA) is 78.9 Å². The third-order valence-corrected chi connectivity index (χ3v) is 5.49. The van der Waals surface area contributed by atoms with E-state index >= 15 is 0 Å². The first-order valence-electron chi connectivity index (χ1n) is 10.4. The Morgan fingerprint density at radius 3 is 2.38 bits per heavy atom. The van der Waals surface area contributed by atoms with Gasteiger partial charge in [-0.3, -0.25) is 9.69 Å². The third kappa shape index (κ3) is 7.28. The monoisotopic (exact) mass is 452 g/mol. The van der Waals surface area contributed by atoms with E-state index in [-0.39, 0.29) is 24.9 Å². The number of hydrogen-bond acceptors (Lipinski definition) is 4. The van der Waals surface area contributed by atoms with E-state index in [1.54, 1.807) is 17.0 Å². The van der Waals surface area contributed by atoms with Crippen LogP contribution in [0.15, 0.2) is 48.5 Å². The second kappa shape index (κ2) is 11.2. The number of aliphatic carboxylic acids is 1. The predicted octanol–water partition coefficient (Wildman–Crippen LogP) is 3.64. The van der Waals surface area contributed by atoms with Crippen molar-refractivity contribution in [2.45, 2.75) is 57.8 Å². The van der Waals surface area contributed by atoms with Crippen molar-refractivity contribution >= 4 is 42.5 Å². The van der Waals surface area contributed by atoms with Crippen molar-refractivity contribution in [1.29, 1.82) is 0 Å². The number of benzene rings is 2. The van der Waals surface area contributed by atoms with Gasteiger partial charge in [0.1, 0.15) is 11.6 Å². The number of ether oxygens (including phenoxy) is 1. The van der Waals surface area contributed by atoms with Crippen molar-refractivity contribution < 1.29 is 19.4 Å². The number of nitrogens with one attached hydrogen (secondary N) is 1. The molecule has 2 aromatic rings. The van der Waals surface area contributed by atoms with Gasteiger partial charge < -0.3 is 15.2 Å². The number of nitrogens with zero attached hydrogens (tertiary/aromatic N) is 1. The molecule has 0 aromatic heterocycles. The summed E-state index contributed by atoms with van der Waals surface area (Å²) in [6.45, 7) is 6.29. The molecule has 3 rings (SSSR count). The molecule has 2 N–H and O–H groups in total. The molecule has 0 radical (unpaired) electrons. The molecule has 2 atom stereocenters. The molecule has 0 aliphatic carbocycles. The van der Waals surface area contributed by atoms with Crippen molar-refractivity contribution in [3.05, 3.63) is 70.2 Å². The SMILES string of the molecule is CC(C)(C)OC(=O)N1Cc2ccccc2CC1CNC(Cc1ccc(Cl)cc1)C(=O)O.[LiH]. The van der Waals surface area contributed by atoms with Crippen LogP contribution in [0.2, 0.25) is 5.02 Å². The van der Waals surface area contributed by atoms with Crippen LogP contribution in [-0.4, -0.2) is 65.2 Å². The summed E-state index contributed by atoms with van der Waals surface area (Å²) >= 11 is 5.92. The fourth-order valence-corrected chi connectivity index (χ4v) is 3.81. The van der Waals surface area contributed by atoms with Crippen LogP contribution in [0.1, 0.15) is 37.5 Å². The van der Waals surface area contributed by atoms with Crippen molar-refractivity contribution in [1.82, 2.24) is 10.2 Å². The van der Waals surface area contributed by atoms with Crippen molar-refractivity contribution in [3.63, 3.8) is 0 Å². The van der Waals surface area contributed by atoms with Gasteiger partial charge in [0.25, 0.3) is 0 Å². The van der Waals surface area contributed by atoms with Gasteiger partial charge in [-0.2, -0.15) is 0 Å². The van der Waals surface area contributed by atoms with Gasteiger partial charge in [0, 0.05) is 18.1 Å². The molecule has 1 aliphatic rings. The molecule has 1 heterocycles. The summed E-state index contributed by atoms with van der Waals surface area (Å²) in [5, 5.41) is 13.5. The fraction of sp³-hybridized carbons (Fsp3) is 0.417. The molecule has 32 heavy (non-hydrogen) atoms. The van der Waals surface area contributed by atoms with E-state index in [4.69, 9.17) is 16.3 Å². The van der Waals surface area contributed by atoms with E-state index in [1.807, 2.05) is 51.1 Å². The Bertz CT molecular complexity index is 930. The first-order valence-corrected chi connectivity index (χ1v) is 10.8. The second-order valence-corrected chi connectivity index (χ2v) is 9.30. The second-order valence-electron chi connectivity index (χ2n) is 8.86. The van der Waals surface area contributed by atoms with E-state index < -0.39 is 23.7 Å². The number of amides is 1. The number of carboxylic acid groups (broad SMARTS) is 1. The first-order chi connectivity index (χ1) is 14.6. The van der Waals surface area contributed by atoms with E-state index in [2.05, 4.69) is 11.4 Å². The Balaban J connectivity index is 0.00000363. The Kier molecular flexibility index (Phi) is 9.24. The normalized spacial score (nSPS) is 16.5. The summed E-state index contributed by atoms with van der Waals surface area (Å²) in [6, 6.07) is 14.2. The van der Waals surface area contributed by atoms with Gasteiger partial charge in [-0.25, -0.2) is 4.79 Å². The summed E-state index contributed by atoms with van der Waals surface area (Å²) in [6.07, 6.45) is 0.566. The van der Waals surface area contributed by atoms with Crippen LogP contribution in [0.4, 0.5) is 4.79 Å². The fourth-order valence-electron chi connectivity index (χ4n) is 3.69. The summed E-state index contributed by atoms with van der Waals surface area (Å²) in [5.74, 6) is -0.935. The average molecular weight is 453 g/mol. The molecule has 0 saturated carbocycles. The van der Waals surface area contributed by atoms with Crippen molar-refractivity contribution in [2.75, 3.05) is 6.54 Å². The van der Waals surface area contributed by atoms with E-state index in [0.717, 1.165) is 11.1 Å². The van der Waals surface area contributed by atoms with Gasteiger partial charge in [0.05, 0.1) is 6.04 Å². The standard InChI is InChI=1S/C24H29ClN2O4.Li.H/c1-24(2,3)31-23(30)27-15-18-7-5-4-6-17(18)13-20(27)14-26-21(22(28)29)12-16-8-10-19(25)11-9-16;;/h4-11,20-21,26H,12-15H2,1-3H3,(H,28,29);;. The molecule has 6 nitrogen and oxygen atoms in total. The molecule has 1 amide bonds. The van der Waals surface area contributed by atoms with Gasteiger partial charge in [-0.1, -0.05) is 48.0 Å². The van der Waals surface area contributed by atoms with Crippen LogP contribution in [0.3, 0.4) is 0 Å². The minimum atomic E-state index is -0.935. The van der Waals surface area contributed by atoms with Gasteiger partial charge in [-0.15, -0.1) is 0 Å². The summed E-state index contributed by atoms with van der Waals surface area (Å²) in [4.78, 5) is 26.4. The Morgan fingerprint density at radius 2 is 1.78 bits per heavy atom. The van der Waals surface area contributed by atoms with Crippen LogP contribution in [0, 0.1) is 0 Å². The number of carbonyl (C=O) groups excluding carboxylic acids is 1. The van der Waals surface area contributed by atoms with Gasteiger partial charge in [-0.05, 0) is 62.4 Å². The Hall–Kier alpha value is -1.97. The third-order valence-electron chi connectivity index (χ3n) is 5.23. The molecule has 1 aliphatic heterocycles. The number of fused-ring (bicyclic) bond motifs is 1. The maximum absolute atomic E-state index is 12.9. The van der Waals surface area contributed by atoms with Crippen molar-refractivity contribution in [2.24, 2.45) is 0 Å². The van der Waals surface area contributed by atoms with Crippen LogP contribution < -0.4 is 5.32 Å². The zero-order valence-corrected chi connectivity index (χ0v) is 18.9. The Morgan fingerprint density at radius 1 is 1.16 bits per heavy atom. The molecular formula is C24H30ClLiN2O4. The summed E-state index contributed by atoms with van der Waals surface area (Å²) in [5.41, 5.74) is 2.52.